The minimum atomic E-state index is -0.374. The Morgan fingerprint density at radius 3 is 2.62 bits per heavy atom. The van der Waals surface area contributed by atoms with Gasteiger partial charge < -0.3 is 20.3 Å². The van der Waals surface area contributed by atoms with Crippen molar-refractivity contribution < 1.29 is 19.1 Å². The van der Waals surface area contributed by atoms with E-state index >= 15 is 0 Å². The lowest BCUT2D eigenvalue weighted by molar-refractivity contribution is -0.133. The molecule has 2 aromatic rings. The monoisotopic (exact) mass is 395 g/mol. The van der Waals surface area contributed by atoms with Crippen molar-refractivity contribution in [2.75, 3.05) is 25.0 Å². The molecule has 1 aliphatic heterocycles. The van der Waals surface area contributed by atoms with E-state index in [4.69, 9.17) is 4.74 Å². The molecule has 29 heavy (non-hydrogen) atoms. The number of piperidine rings is 1. The third-order valence-corrected chi connectivity index (χ3v) is 4.56. The van der Waals surface area contributed by atoms with E-state index < -0.39 is 0 Å². The number of nitrogens with one attached hydrogen (secondary N) is 2. The molecule has 1 heterocycles. The van der Waals surface area contributed by atoms with Gasteiger partial charge in [0.2, 0.25) is 11.8 Å². The van der Waals surface area contributed by atoms with Crippen LogP contribution in [0.4, 0.5) is 5.69 Å². The molecule has 0 spiro atoms. The van der Waals surface area contributed by atoms with E-state index in [-0.39, 0.29) is 30.9 Å². The van der Waals surface area contributed by atoms with Crippen molar-refractivity contribution in [2.45, 2.75) is 25.8 Å². The van der Waals surface area contributed by atoms with Crippen LogP contribution in [0.2, 0.25) is 0 Å². The minimum Gasteiger partial charge on any atom is -0.484 e. The number of benzene rings is 2. The molecule has 0 saturated carbocycles. The van der Waals surface area contributed by atoms with Crippen LogP contribution in [0.15, 0.2) is 54.6 Å². The number of nitrogens with zero attached hydrogens (tertiary/aromatic N) is 1. The molecule has 3 amide bonds. The summed E-state index contributed by atoms with van der Waals surface area (Å²) in [5.74, 6) is 0.0628. The summed E-state index contributed by atoms with van der Waals surface area (Å²) >= 11 is 0. The van der Waals surface area contributed by atoms with Crippen molar-refractivity contribution in [1.29, 1.82) is 0 Å². The summed E-state index contributed by atoms with van der Waals surface area (Å²) in [6.45, 7) is 1.01. The highest BCUT2D eigenvalue weighted by molar-refractivity contribution is 5.94. The lowest BCUT2D eigenvalue weighted by Gasteiger charge is -2.26. The molecule has 0 atom stereocenters. The molecular weight excluding hydrogens is 370 g/mol. The summed E-state index contributed by atoms with van der Waals surface area (Å²) in [4.78, 5) is 37.7. The van der Waals surface area contributed by atoms with Crippen molar-refractivity contribution in [3.63, 3.8) is 0 Å². The third kappa shape index (κ3) is 6.64. The number of para-hydroxylation sites is 1. The Bertz CT molecular complexity index is 854. The van der Waals surface area contributed by atoms with Crippen LogP contribution in [0.5, 0.6) is 5.75 Å². The highest BCUT2D eigenvalue weighted by atomic mass is 16.5. The largest absolute Gasteiger partial charge is 0.484 e. The van der Waals surface area contributed by atoms with Crippen LogP contribution in [0.3, 0.4) is 0 Å². The first-order valence-electron chi connectivity index (χ1n) is 9.71. The fourth-order valence-electron chi connectivity index (χ4n) is 3.10. The molecule has 0 aromatic heterocycles. The lowest BCUT2D eigenvalue weighted by Crippen LogP contribution is -2.36. The summed E-state index contributed by atoms with van der Waals surface area (Å²) in [6, 6.07) is 16.4. The molecule has 3 rings (SSSR count). The molecule has 0 radical (unpaired) electrons. The van der Waals surface area contributed by atoms with Gasteiger partial charge in [-0.3, -0.25) is 14.4 Å². The standard InChI is InChI=1S/C22H25N3O4/c26-20(14-23-21(27)16-29-19-9-2-1-3-10-19)24-18-8-6-7-17(13-18)15-25-12-5-4-11-22(25)28/h1-3,6-10,13H,4-5,11-12,14-16H2,(H,23,27)(H,24,26). The van der Waals surface area contributed by atoms with Gasteiger partial charge in [-0.05, 0) is 42.7 Å². The first kappa shape index (κ1) is 20.4. The van der Waals surface area contributed by atoms with Crippen molar-refractivity contribution in [3.05, 3.63) is 60.2 Å². The maximum absolute atomic E-state index is 12.1. The van der Waals surface area contributed by atoms with Gasteiger partial charge in [0.1, 0.15) is 5.75 Å². The number of hydrogen-bond acceptors (Lipinski definition) is 4. The van der Waals surface area contributed by atoms with Gasteiger partial charge in [0.05, 0.1) is 6.54 Å². The highest BCUT2D eigenvalue weighted by Gasteiger charge is 2.18. The van der Waals surface area contributed by atoms with Crippen molar-refractivity contribution in [2.24, 2.45) is 0 Å². The van der Waals surface area contributed by atoms with Crippen LogP contribution in [-0.2, 0) is 20.9 Å². The van der Waals surface area contributed by atoms with Gasteiger partial charge >= 0.3 is 0 Å². The highest BCUT2D eigenvalue weighted by Crippen LogP contribution is 2.17. The average molecular weight is 395 g/mol. The van der Waals surface area contributed by atoms with Crippen molar-refractivity contribution in [3.8, 4) is 5.75 Å². The minimum absolute atomic E-state index is 0.147. The van der Waals surface area contributed by atoms with E-state index in [1.165, 1.54) is 0 Å². The Morgan fingerprint density at radius 1 is 1.00 bits per heavy atom. The normalized spacial score (nSPS) is 13.7. The zero-order valence-electron chi connectivity index (χ0n) is 16.2. The van der Waals surface area contributed by atoms with Gasteiger partial charge in [0.25, 0.3) is 5.91 Å². The fourth-order valence-corrected chi connectivity index (χ4v) is 3.10. The molecule has 1 saturated heterocycles. The second-order valence-electron chi connectivity index (χ2n) is 6.90. The number of hydrogen-bond donors (Lipinski definition) is 2. The zero-order chi connectivity index (χ0) is 20.5. The van der Waals surface area contributed by atoms with Gasteiger partial charge in [-0.2, -0.15) is 0 Å². The lowest BCUT2D eigenvalue weighted by atomic mass is 10.1. The predicted molar refractivity (Wildman–Crippen MR) is 109 cm³/mol. The fraction of sp³-hybridized carbons (Fsp3) is 0.318. The number of amides is 3. The Morgan fingerprint density at radius 2 is 1.83 bits per heavy atom. The number of carbonyl (C=O) groups excluding carboxylic acids is 3. The SMILES string of the molecule is O=C(COc1ccccc1)NCC(=O)Nc1cccc(CN2CCCCC2=O)c1. The van der Waals surface area contributed by atoms with Crippen molar-refractivity contribution in [1.82, 2.24) is 10.2 Å². The van der Waals surface area contributed by atoms with E-state index in [0.29, 0.717) is 24.4 Å². The van der Waals surface area contributed by atoms with Gasteiger partial charge in [-0.15, -0.1) is 0 Å². The van der Waals surface area contributed by atoms with Crippen LogP contribution in [-0.4, -0.2) is 42.3 Å². The molecule has 1 aliphatic rings. The summed E-state index contributed by atoms with van der Waals surface area (Å²) in [7, 11) is 0. The van der Waals surface area contributed by atoms with Crippen molar-refractivity contribution >= 4 is 23.4 Å². The second-order valence-corrected chi connectivity index (χ2v) is 6.90. The molecule has 7 nitrogen and oxygen atoms in total. The zero-order valence-corrected chi connectivity index (χ0v) is 16.2. The Kier molecular flexibility index (Phi) is 7.22. The maximum Gasteiger partial charge on any atom is 0.258 e. The van der Waals surface area contributed by atoms with E-state index in [9.17, 15) is 14.4 Å². The number of rotatable bonds is 8. The first-order valence-corrected chi connectivity index (χ1v) is 9.71. The summed E-state index contributed by atoms with van der Waals surface area (Å²) < 4.78 is 5.34. The van der Waals surface area contributed by atoms with Gasteiger partial charge in [0, 0.05) is 25.2 Å². The summed E-state index contributed by atoms with van der Waals surface area (Å²) in [5.41, 5.74) is 1.59. The van der Waals surface area contributed by atoms with Crippen LogP contribution in [0.1, 0.15) is 24.8 Å². The molecular formula is C22H25N3O4. The number of carbonyl (C=O) groups is 3. The van der Waals surface area contributed by atoms with Crippen LogP contribution >= 0.6 is 0 Å². The number of ether oxygens (including phenoxy) is 1. The molecule has 0 bridgehead atoms. The van der Waals surface area contributed by atoms with Crippen LogP contribution in [0.25, 0.3) is 0 Å². The van der Waals surface area contributed by atoms with Gasteiger partial charge in [-0.1, -0.05) is 30.3 Å². The Balaban J connectivity index is 1.43. The average Bonchev–Trinajstić information content (AvgIpc) is 2.73. The van der Waals surface area contributed by atoms with Gasteiger partial charge in [0.15, 0.2) is 6.61 Å². The number of anilines is 1. The van der Waals surface area contributed by atoms with Crippen LogP contribution in [0, 0.1) is 0 Å². The van der Waals surface area contributed by atoms with E-state index in [1.54, 1.807) is 18.2 Å². The third-order valence-electron chi connectivity index (χ3n) is 4.56. The molecule has 152 valence electrons. The molecule has 1 fully saturated rings. The molecule has 2 aromatic carbocycles. The maximum atomic E-state index is 12.1. The van der Waals surface area contributed by atoms with Gasteiger partial charge in [-0.25, -0.2) is 0 Å². The quantitative estimate of drug-likeness (QED) is 0.718. The summed E-state index contributed by atoms with van der Waals surface area (Å²) in [6.07, 6.45) is 2.58. The smallest absolute Gasteiger partial charge is 0.258 e. The topological polar surface area (TPSA) is 87.7 Å². The van der Waals surface area contributed by atoms with E-state index in [2.05, 4.69) is 10.6 Å². The predicted octanol–water partition coefficient (Wildman–Crippen LogP) is 2.33. The second kappa shape index (κ2) is 10.3. The Hall–Kier alpha value is -3.35. The van der Waals surface area contributed by atoms with Crippen LogP contribution < -0.4 is 15.4 Å². The molecule has 2 N–H and O–H groups in total. The molecule has 7 heteroatoms. The molecule has 0 aliphatic carbocycles. The van der Waals surface area contributed by atoms with E-state index in [1.807, 2.05) is 41.3 Å². The first-order chi connectivity index (χ1) is 14.1. The molecule has 0 unspecified atom stereocenters. The van der Waals surface area contributed by atoms with E-state index in [0.717, 1.165) is 24.9 Å². The number of likely N-dealkylation sites (tertiary alicyclic amines) is 1. The Labute approximate surface area is 170 Å². The summed E-state index contributed by atoms with van der Waals surface area (Å²) in [5, 5.41) is 5.29.